The van der Waals surface area contributed by atoms with Crippen LogP contribution in [0.4, 0.5) is 23.7 Å². The minimum Gasteiger partial charge on any atom is -0.424 e. The zero-order valence-electron chi connectivity index (χ0n) is 29.7. The summed E-state index contributed by atoms with van der Waals surface area (Å²) in [7, 11) is -1.50. The molecule has 0 atom stereocenters. The number of rotatable bonds is 4. The van der Waals surface area contributed by atoms with E-state index < -0.39 is 7.12 Å². The molecule has 284 valence electrons. The number of oxazole rings is 2. The molecule has 0 bridgehead atoms. The Bertz CT molecular complexity index is 2630. The molecule has 10 rings (SSSR count). The Hall–Kier alpha value is -6.25. The van der Waals surface area contributed by atoms with Crippen molar-refractivity contribution < 1.29 is 28.4 Å². The third-order valence-electron chi connectivity index (χ3n) is 8.85. The number of hydrogen-bond acceptors (Lipinski definition) is 18. The lowest BCUT2D eigenvalue weighted by Crippen LogP contribution is -2.36. The van der Waals surface area contributed by atoms with E-state index >= 15 is 0 Å². The first-order valence-electron chi connectivity index (χ1n) is 17.5. The normalized spacial score (nSPS) is 14.4. The standard InChI is InChI=1S/C18H16N6O2.C11H11ClN4O.C7H7BN2O3/c19-18-22-14-9-11(1-4-15(14)26-18)12-2-3-13-17(21-12)23-16(10-20-13)24-5-7-25-8-6-24;12-9-2-1-8-11(14-9)15-10(7-13-8)16-3-5-17-6-4-16;9-7-10-5-3-4(8(11)12)1-2-6(5)13-7/h1-4,9-10H,5-8H2,(H2,19,22);1-2,7H,3-6H2;1-3,11-12H,(H2,9,10). The van der Waals surface area contributed by atoms with Crippen molar-refractivity contribution in [2.75, 3.05) is 73.9 Å². The zero-order chi connectivity index (χ0) is 38.6. The molecule has 0 radical (unpaired) electrons. The van der Waals surface area contributed by atoms with Crippen molar-refractivity contribution in [1.82, 2.24) is 39.9 Å². The minimum atomic E-state index is -1.50. The van der Waals surface area contributed by atoms with Crippen molar-refractivity contribution >= 4 is 92.4 Å². The van der Waals surface area contributed by atoms with Crippen LogP contribution in [0.15, 0.2) is 81.9 Å². The van der Waals surface area contributed by atoms with Crippen LogP contribution in [0.25, 0.3) is 55.8 Å². The number of nitrogens with two attached hydrogens (primary N) is 2. The Kier molecular flexibility index (Phi) is 10.6. The van der Waals surface area contributed by atoms with Crippen LogP contribution in [0.5, 0.6) is 0 Å². The Morgan fingerprint density at radius 2 is 1.12 bits per heavy atom. The number of hydrogen-bond donors (Lipinski definition) is 4. The van der Waals surface area contributed by atoms with Crippen LogP contribution in [0.1, 0.15) is 0 Å². The lowest BCUT2D eigenvalue weighted by Gasteiger charge is -2.27. The molecule has 2 fully saturated rings. The molecule has 6 aromatic heterocycles. The minimum absolute atomic E-state index is 0.0691. The van der Waals surface area contributed by atoms with E-state index in [9.17, 15) is 0 Å². The topological polar surface area (TPSA) is 247 Å². The van der Waals surface area contributed by atoms with Crippen molar-refractivity contribution in [3.8, 4) is 11.3 Å². The number of aromatic nitrogens is 8. The van der Waals surface area contributed by atoms with Crippen LogP contribution >= 0.6 is 11.6 Å². The fourth-order valence-corrected chi connectivity index (χ4v) is 6.18. The third-order valence-corrected chi connectivity index (χ3v) is 9.06. The van der Waals surface area contributed by atoms with Gasteiger partial charge in [-0.15, -0.1) is 0 Å². The summed E-state index contributed by atoms with van der Waals surface area (Å²) < 4.78 is 21.0. The maximum atomic E-state index is 8.86. The van der Waals surface area contributed by atoms with Crippen molar-refractivity contribution in [2.24, 2.45) is 0 Å². The highest BCUT2D eigenvalue weighted by Crippen LogP contribution is 2.26. The van der Waals surface area contributed by atoms with E-state index in [1.54, 1.807) is 24.5 Å². The summed E-state index contributed by atoms with van der Waals surface area (Å²) in [6.45, 7) is 6.14. The van der Waals surface area contributed by atoms with Crippen LogP contribution in [0.2, 0.25) is 5.15 Å². The van der Waals surface area contributed by atoms with Gasteiger partial charge in [0.15, 0.2) is 22.5 Å². The summed E-state index contributed by atoms with van der Waals surface area (Å²) in [5, 5.41) is 18.1. The van der Waals surface area contributed by atoms with Gasteiger partial charge >= 0.3 is 7.12 Å². The van der Waals surface area contributed by atoms with Crippen LogP contribution in [0, 0.1) is 0 Å². The number of ether oxygens (including phenoxy) is 2. The number of halogens is 1. The Balaban J connectivity index is 0.000000127. The number of nitrogen functional groups attached to an aromatic ring is 2. The van der Waals surface area contributed by atoms with Gasteiger partial charge in [0.05, 0.1) is 44.5 Å². The summed E-state index contributed by atoms with van der Waals surface area (Å²) in [5.41, 5.74) is 18.1. The quantitative estimate of drug-likeness (QED) is 0.148. The number of anilines is 4. The Labute approximate surface area is 323 Å². The number of nitrogens with zero attached hydrogens (tertiary/aromatic N) is 10. The van der Waals surface area contributed by atoms with Crippen molar-refractivity contribution in [3.63, 3.8) is 0 Å². The molecule has 20 heteroatoms. The van der Waals surface area contributed by atoms with E-state index in [0.717, 1.165) is 73.3 Å². The van der Waals surface area contributed by atoms with Gasteiger partial charge in [-0.1, -0.05) is 17.7 Å². The number of fused-ring (bicyclic) bond motifs is 4. The SMILES string of the molecule is Clc1ccc2ncc(N3CCOCC3)nc2n1.Nc1nc2cc(-c3ccc4ncc(N5CCOCC5)nc4n3)ccc2o1.Nc1nc2cc(B(O)O)ccc2o1. The van der Waals surface area contributed by atoms with Gasteiger partial charge in [0.1, 0.15) is 38.9 Å². The van der Waals surface area contributed by atoms with E-state index in [1.807, 2.05) is 36.4 Å². The summed E-state index contributed by atoms with van der Waals surface area (Å²) in [6.07, 6.45) is 3.56. The third kappa shape index (κ3) is 8.36. The maximum Gasteiger partial charge on any atom is 0.488 e. The molecule has 8 aromatic rings. The van der Waals surface area contributed by atoms with Gasteiger partial charge in [0, 0.05) is 31.7 Å². The molecule has 8 heterocycles. The molecule has 2 aromatic carbocycles. The van der Waals surface area contributed by atoms with Gasteiger partial charge in [-0.2, -0.15) is 9.97 Å². The van der Waals surface area contributed by atoms with E-state index in [-0.39, 0.29) is 12.0 Å². The number of benzene rings is 2. The molecular weight excluding hydrogens is 743 g/mol. The maximum absolute atomic E-state index is 8.86. The molecule has 2 aliphatic rings. The highest BCUT2D eigenvalue weighted by Gasteiger charge is 2.16. The summed E-state index contributed by atoms with van der Waals surface area (Å²) in [5.74, 6) is 1.65. The first-order valence-corrected chi connectivity index (χ1v) is 17.9. The predicted molar refractivity (Wildman–Crippen MR) is 211 cm³/mol. The Morgan fingerprint density at radius 3 is 1.71 bits per heavy atom. The molecule has 56 heavy (non-hydrogen) atoms. The van der Waals surface area contributed by atoms with Crippen LogP contribution in [-0.2, 0) is 9.47 Å². The molecule has 6 N–H and O–H groups in total. The van der Waals surface area contributed by atoms with Crippen LogP contribution < -0.4 is 26.7 Å². The second-order valence-electron chi connectivity index (χ2n) is 12.6. The highest BCUT2D eigenvalue weighted by molar-refractivity contribution is 6.58. The molecule has 0 spiro atoms. The molecule has 2 aliphatic heterocycles. The Morgan fingerprint density at radius 1 is 0.589 bits per heavy atom. The predicted octanol–water partition coefficient (Wildman–Crippen LogP) is 2.86. The number of pyridine rings is 2. The number of morpholine rings is 2. The molecule has 0 aliphatic carbocycles. The molecule has 18 nitrogen and oxygen atoms in total. The monoisotopic (exact) mass is 776 g/mol. The smallest absolute Gasteiger partial charge is 0.424 e. The fourth-order valence-electron chi connectivity index (χ4n) is 6.03. The van der Waals surface area contributed by atoms with Gasteiger partial charge in [-0.05, 0) is 60.1 Å². The second-order valence-corrected chi connectivity index (χ2v) is 12.9. The molecular formula is C36H34BClN12O6. The van der Waals surface area contributed by atoms with Crippen LogP contribution in [0.3, 0.4) is 0 Å². The lowest BCUT2D eigenvalue weighted by atomic mass is 9.80. The van der Waals surface area contributed by atoms with Gasteiger partial charge in [0.25, 0.3) is 12.0 Å². The second kappa shape index (κ2) is 16.2. The summed E-state index contributed by atoms with van der Waals surface area (Å²) in [6, 6.07) is 17.9. The van der Waals surface area contributed by atoms with Gasteiger partial charge in [0.2, 0.25) is 0 Å². The largest absolute Gasteiger partial charge is 0.488 e. The lowest BCUT2D eigenvalue weighted by molar-refractivity contribution is 0.122. The molecule has 0 saturated carbocycles. The molecule has 2 saturated heterocycles. The first kappa shape index (κ1) is 36.7. The highest BCUT2D eigenvalue weighted by atomic mass is 35.5. The first-order chi connectivity index (χ1) is 27.3. The van der Waals surface area contributed by atoms with E-state index in [4.69, 9.17) is 61.4 Å². The molecule has 0 unspecified atom stereocenters. The van der Waals surface area contributed by atoms with E-state index in [0.29, 0.717) is 57.3 Å². The summed E-state index contributed by atoms with van der Waals surface area (Å²) in [4.78, 5) is 39.2. The summed E-state index contributed by atoms with van der Waals surface area (Å²) >= 11 is 5.84. The van der Waals surface area contributed by atoms with Crippen molar-refractivity contribution in [2.45, 2.75) is 0 Å². The average molecular weight is 777 g/mol. The van der Waals surface area contributed by atoms with E-state index in [2.05, 4.69) is 39.7 Å². The van der Waals surface area contributed by atoms with E-state index in [1.165, 1.54) is 12.1 Å². The average Bonchev–Trinajstić information content (AvgIpc) is 3.80. The van der Waals surface area contributed by atoms with Crippen molar-refractivity contribution in [3.05, 3.63) is 78.2 Å². The van der Waals surface area contributed by atoms with Crippen LogP contribution in [-0.4, -0.2) is 110 Å². The fraction of sp³-hybridized carbons (Fsp3) is 0.222. The zero-order valence-corrected chi connectivity index (χ0v) is 30.5. The van der Waals surface area contributed by atoms with Gasteiger partial charge < -0.3 is 49.6 Å². The van der Waals surface area contributed by atoms with Gasteiger partial charge in [-0.25, -0.2) is 29.9 Å². The van der Waals surface area contributed by atoms with Gasteiger partial charge in [-0.3, -0.25) is 0 Å². The molecule has 0 amide bonds. The van der Waals surface area contributed by atoms with Crippen molar-refractivity contribution in [1.29, 1.82) is 0 Å².